The minimum atomic E-state index is -0.584. The molecule has 4 nitrogen and oxygen atoms in total. The number of ketones is 1. The molecule has 1 aliphatic heterocycles. The van der Waals surface area contributed by atoms with Crippen molar-refractivity contribution < 1.29 is 14.0 Å². The zero-order valence-electron chi connectivity index (χ0n) is 19.1. The maximum Gasteiger partial charge on any atom is 0.254 e. The molecule has 2 atom stereocenters. The molecule has 2 N–H and O–H groups in total. The summed E-state index contributed by atoms with van der Waals surface area (Å²) >= 11 is 6.13. The molecule has 0 fully saturated rings. The molecular weight excluding hydrogens is 463 g/mol. The third-order valence-electron chi connectivity index (χ3n) is 6.67. The Morgan fingerprint density at radius 3 is 2.34 bits per heavy atom. The van der Waals surface area contributed by atoms with E-state index in [1.165, 1.54) is 12.1 Å². The number of carbonyl (C=O) groups excluding carboxylic acids is 2. The summed E-state index contributed by atoms with van der Waals surface area (Å²) in [6.45, 7) is 1.82. The van der Waals surface area contributed by atoms with Crippen LogP contribution in [0.4, 0.5) is 10.1 Å². The number of hydrogen-bond donors (Lipinski definition) is 2. The van der Waals surface area contributed by atoms with Gasteiger partial charge in [0.2, 0.25) is 0 Å². The Morgan fingerprint density at radius 2 is 1.63 bits per heavy atom. The van der Waals surface area contributed by atoms with Crippen LogP contribution in [0.15, 0.2) is 101 Å². The summed E-state index contributed by atoms with van der Waals surface area (Å²) in [6, 6.07) is 23.2. The first-order valence-corrected chi connectivity index (χ1v) is 11.9. The molecule has 3 aromatic rings. The molecule has 1 aliphatic carbocycles. The Morgan fingerprint density at radius 1 is 0.943 bits per heavy atom. The second-order valence-corrected chi connectivity index (χ2v) is 9.35. The highest BCUT2D eigenvalue weighted by Crippen LogP contribution is 2.45. The fourth-order valence-electron chi connectivity index (χ4n) is 5.04. The molecule has 0 saturated heterocycles. The summed E-state index contributed by atoms with van der Waals surface area (Å²) in [5.74, 6) is -1.51. The lowest BCUT2D eigenvalue weighted by atomic mass is 9.71. The highest BCUT2D eigenvalue weighted by Gasteiger charge is 2.41. The number of dihydropyridines is 1. The van der Waals surface area contributed by atoms with Crippen LogP contribution < -0.4 is 10.6 Å². The Hall–Kier alpha value is -3.70. The van der Waals surface area contributed by atoms with Crippen molar-refractivity contribution in [1.82, 2.24) is 5.32 Å². The number of rotatable bonds is 4. The van der Waals surface area contributed by atoms with Gasteiger partial charge in [-0.15, -0.1) is 0 Å². The van der Waals surface area contributed by atoms with Crippen LogP contribution in [0.2, 0.25) is 5.02 Å². The van der Waals surface area contributed by atoms with Gasteiger partial charge in [-0.1, -0.05) is 66.2 Å². The molecule has 0 unspecified atom stereocenters. The molecule has 3 aromatic carbocycles. The largest absolute Gasteiger partial charge is 0.362 e. The van der Waals surface area contributed by atoms with Gasteiger partial charge in [-0.05, 0) is 54.7 Å². The standard InChI is InChI=1S/C29H24ClFN2O2/c1-17-26(29(35)33-23-10-6-5-9-22(23)31)27(19-11-13-21(30)14-12-19)28-24(32-17)15-20(16-25(28)34)18-7-3-2-4-8-18/h2-14,20,27,32H,15-16H2,1H3,(H,33,35)/t20-,27-/m1/s1. The number of para-hydroxylation sites is 1. The van der Waals surface area contributed by atoms with Crippen LogP contribution in [-0.2, 0) is 9.59 Å². The van der Waals surface area contributed by atoms with Gasteiger partial charge in [-0.2, -0.15) is 0 Å². The maximum atomic E-state index is 14.3. The number of nitrogens with one attached hydrogen (secondary N) is 2. The van der Waals surface area contributed by atoms with Crippen molar-refractivity contribution >= 4 is 29.0 Å². The number of amides is 1. The predicted octanol–water partition coefficient (Wildman–Crippen LogP) is 6.48. The van der Waals surface area contributed by atoms with Crippen LogP contribution in [0.1, 0.15) is 42.7 Å². The van der Waals surface area contributed by atoms with E-state index in [1.807, 2.05) is 49.4 Å². The van der Waals surface area contributed by atoms with E-state index in [1.54, 1.807) is 24.3 Å². The first kappa shape index (κ1) is 23.1. The second-order valence-electron chi connectivity index (χ2n) is 8.91. The first-order valence-electron chi connectivity index (χ1n) is 11.5. The Kier molecular flexibility index (Phi) is 6.27. The molecule has 0 bridgehead atoms. The van der Waals surface area contributed by atoms with Crippen molar-refractivity contribution in [3.8, 4) is 0 Å². The highest BCUT2D eigenvalue weighted by molar-refractivity contribution is 6.30. The number of benzene rings is 3. The summed E-state index contributed by atoms with van der Waals surface area (Å²) < 4.78 is 14.3. The van der Waals surface area contributed by atoms with Crippen molar-refractivity contribution in [2.75, 3.05) is 5.32 Å². The molecule has 0 aromatic heterocycles. The fraction of sp³-hybridized carbons (Fsp3) is 0.172. The van der Waals surface area contributed by atoms with Gasteiger partial charge in [-0.25, -0.2) is 4.39 Å². The maximum absolute atomic E-state index is 14.3. The van der Waals surface area contributed by atoms with Gasteiger partial charge in [-0.3, -0.25) is 9.59 Å². The van der Waals surface area contributed by atoms with Gasteiger partial charge in [0.15, 0.2) is 5.78 Å². The van der Waals surface area contributed by atoms with Gasteiger partial charge in [0.05, 0.1) is 5.69 Å². The summed E-state index contributed by atoms with van der Waals surface area (Å²) in [5, 5.41) is 6.61. The van der Waals surface area contributed by atoms with E-state index in [0.29, 0.717) is 34.7 Å². The SMILES string of the molecule is CC1=C(C(=O)Nc2ccccc2F)[C@@H](c2ccc(Cl)cc2)C2=C(C[C@@H](c3ccccc3)CC2=O)N1. The molecule has 176 valence electrons. The van der Waals surface area contributed by atoms with E-state index in [4.69, 9.17) is 11.6 Å². The second kappa shape index (κ2) is 9.51. The van der Waals surface area contributed by atoms with Gasteiger partial charge in [0, 0.05) is 39.9 Å². The number of carbonyl (C=O) groups is 2. The number of allylic oxidation sites excluding steroid dienone is 3. The minimum Gasteiger partial charge on any atom is -0.362 e. The number of Topliss-reactive ketones (excluding diaryl/α,β-unsaturated/α-hetero) is 1. The van der Waals surface area contributed by atoms with Gasteiger partial charge >= 0.3 is 0 Å². The normalized spacial score (nSPS) is 19.8. The third kappa shape index (κ3) is 4.52. The highest BCUT2D eigenvalue weighted by atomic mass is 35.5. The lowest BCUT2D eigenvalue weighted by molar-refractivity contribution is -0.116. The van der Waals surface area contributed by atoms with E-state index < -0.39 is 17.6 Å². The Balaban J connectivity index is 1.57. The van der Waals surface area contributed by atoms with Gasteiger partial charge in [0.1, 0.15) is 5.82 Å². The van der Waals surface area contributed by atoms with Crippen LogP contribution in [0.25, 0.3) is 0 Å². The molecule has 0 radical (unpaired) electrons. The van der Waals surface area contributed by atoms with Crippen LogP contribution >= 0.6 is 11.6 Å². The quantitative estimate of drug-likeness (QED) is 0.443. The molecule has 35 heavy (non-hydrogen) atoms. The zero-order valence-corrected chi connectivity index (χ0v) is 19.9. The monoisotopic (exact) mass is 486 g/mol. The number of anilines is 1. The van der Waals surface area contributed by atoms with Crippen LogP contribution in [0.3, 0.4) is 0 Å². The van der Waals surface area contributed by atoms with Crippen molar-refractivity contribution in [2.45, 2.75) is 31.6 Å². The van der Waals surface area contributed by atoms with Crippen LogP contribution in [-0.4, -0.2) is 11.7 Å². The lowest BCUT2D eigenvalue weighted by Crippen LogP contribution is -2.37. The third-order valence-corrected chi connectivity index (χ3v) is 6.92. The first-order chi connectivity index (χ1) is 16.9. The summed E-state index contributed by atoms with van der Waals surface area (Å²) in [5.41, 5.74) is 4.43. The Bertz CT molecular complexity index is 1360. The molecule has 5 rings (SSSR count). The average Bonchev–Trinajstić information content (AvgIpc) is 2.85. The summed E-state index contributed by atoms with van der Waals surface area (Å²) in [6.07, 6.45) is 1.02. The molecular formula is C29H24ClFN2O2. The van der Waals surface area contributed by atoms with E-state index in [0.717, 1.165) is 16.8 Å². The van der Waals surface area contributed by atoms with Gasteiger partial charge in [0.25, 0.3) is 5.91 Å². The van der Waals surface area contributed by atoms with Crippen LogP contribution in [0.5, 0.6) is 0 Å². The zero-order chi connectivity index (χ0) is 24.5. The fourth-order valence-corrected chi connectivity index (χ4v) is 5.17. The predicted molar refractivity (Wildman–Crippen MR) is 136 cm³/mol. The smallest absolute Gasteiger partial charge is 0.254 e. The molecule has 1 heterocycles. The molecule has 2 aliphatic rings. The molecule has 6 heteroatoms. The molecule has 0 spiro atoms. The van der Waals surface area contributed by atoms with Crippen LogP contribution in [0, 0.1) is 5.82 Å². The van der Waals surface area contributed by atoms with Gasteiger partial charge < -0.3 is 10.6 Å². The van der Waals surface area contributed by atoms with Crippen molar-refractivity contribution in [1.29, 1.82) is 0 Å². The Labute approximate surface area is 208 Å². The minimum absolute atomic E-state index is 0.00348. The van der Waals surface area contributed by atoms with E-state index in [-0.39, 0.29) is 17.4 Å². The lowest BCUT2D eigenvalue weighted by Gasteiger charge is -2.37. The topological polar surface area (TPSA) is 58.2 Å². The number of hydrogen-bond acceptors (Lipinski definition) is 3. The molecule has 1 amide bonds. The average molecular weight is 487 g/mol. The van der Waals surface area contributed by atoms with Crippen molar-refractivity contribution in [3.05, 3.63) is 123 Å². The molecule has 0 saturated carbocycles. The summed E-state index contributed by atoms with van der Waals surface area (Å²) in [4.78, 5) is 27.1. The summed E-state index contributed by atoms with van der Waals surface area (Å²) in [7, 11) is 0. The van der Waals surface area contributed by atoms with E-state index in [9.17, 15) is 14.0 Å². The van der Waals surface area contributed by atoms with Crippen molar-refractivity contribution in [3.63, 3.8) is 0 Å². The number of halogens is 2. The van der Waals surface area contributed by atoms with Crippen molar-refractivity contribution in [2.24, 2.45) is 0 Å². The van der Waals surface area contributed by atoms with E-state index in [2.05, 4.69) is 10.6 Å². The van der Waals surface area contributed by atoms with E-state index >= 15 is 0 Å².